The number of likely N-dealkylation sites (N-methyl/N-ethyl adjacent to an activating group) is 1. The number of hydrogen-bond acceptors (Lipinski definition) is 4. The number of benzene rings is 1. The Labute approximate surface area is 110 Å². The SMILES string of the molecule is CCOc1ccccc1OCCN(C)CC(C)N. The third kappa shape index (κ3) is 5.38. The lowest BCUT2D eigenvalue weighted by Gasteiger charge is -2.19. The molecule has 4 heteroatoms. The van der Waals surface area contributed by atoms with Gasteiger partial charge in [0.1, 0.15) is 6.61 Å². The first-order chi connectivity index (χ1) is 8.63. The molecule has 0 aromatic heterocycles. The van der Waals surface area contributed by atoms with Crippen LogP contribution in [0.4, 0.5) is 0 Å². The molecular weight excluding hydrogens is 228 g/mol. The fourth-order valence-corrected chi connectivity index (χ4v) is 1.74. The third-order valence-electron chi connectivity index (χ3n) is 2.48. The van der Waals surface area contributed by atoms with E-state index in [1.54, 1.807) is 0 Å². The molecular formula is C14H24N2O2. The molecule has 2 N–H and O–H groups in total. The van der Waals surface area contributed by atoms with E-state index in [4.69, 9.17) is 15.2 Å². The van der Waals surface area contributed by atoms with Crippen molar-refractivity contribution in [2.45, 2.75) is 19.9 Å². The van der Waals surface area contributed by atoms with Crippen molar-refractivity contribution < 1.29 is 9.47 Å². The Kier molecular flexibility index (Phi) is 6.54. The highest BCUT2D eigenvalue weighted by atomic mass is 16.5. The molecule has 1 unspecified atom stereocenters. The minimum absolute atomic E-state index is 0.186. The maximum atomic E-state index is 5.74. The molecule has 4 nitrogen and oxygen atoms in total. The van der Waals surface area contributed by atoms with Gasteiger partial charge in [0.25, 0.3) is 0 Å². The minimum atomic E-state index is 0.186. The van der Waals surface area contributed by atoms with Crippen molar-refractivity contribution in [3.05, 3.63) is 24.3 Å². The minimum Gasteiger partial charge on any atom is -0.490 e. The second-order valence-electron chi connectivity index (χ2n) is 4.47. The van der Waals surface area contributed by atoms with Crippen LogP contribution in [-0.2, 0) is 0 Å². The molecule has 18 heavy (non-hydrogen) atoms. The van der Waals surface area contributed by atoms with E-state index >= 15 is 0 Å². The molecule has 0 fully saturated rings. The maximum absolute atomic E-state index is 5.74. The van der Waals surface area contributed by atoms with E-state index < -0.39 is 0 Å². The van der Waals surface area contributed by atoms with Crippen LogP contribution < -0.4 is 15.2 Å². The fraction of sp³-hybridized carbons (Fsp3) is 0.571. The number of nitrogens with zero attached hydrogens (tertiary/aromatic N) is 1. The zero-order valence-electron chi connectivity index (χ0n) is 11.6. The van der Waals surface area contributed by atoms with Gasteiger partial charge in [0, 0.05) is 19.1 Å². The Morgan fingerprint density at radius 3 is 2.39 bits per heavy atom. The molecule has 0 bridgehead atoms. The number of nitrogens with two attached hydrogens (primary N) is 1. The van der Waals surface area contributed by atoms with Gasteiger partial charge in [-0.25, -0.2) is 0 Å². The van der Waals surface area contributed by atoms with Crippen molar-refractivity contribution in [2.75, 3.05) is 33.4 Å². The Hall–Kier alpha value is -1.26. The van der Waals surface area contributed by atoms with E-state index in [0.717, 1.165) is 24.6 Å². The lowest BCUT2D eigenvalue weighted by Crippen LogP contribution is -2.35. The molecule has 0 aliphatic heterocycles. The number of rotatable bonds is 8. The first-order valence-electron chi connectivity index (χ1n) is 6.42. The first kappa shape index (κ1) is 14.8. The second kappa shape index (κ2) is 7.95. The zero-order valence-corrected chi connectivity index (χ0v) is 11.6. The summed E-state index contributed by atoms with van der Waals surface area (Å²) in [5.74, 6) is 1.60. The smallest absolute Gasteiger partial charge is 0.161 e. The highest BCUT2D eigenvalue weighted by molar-refractivity contribution is 5.39. The van der Waals surface area contributed by atoms with Crippen LogP contribution in [0, 0.1) is 0 Å². The van der Waals surface area contributed by atoms with Crippen molar-refractivity contribution in [3.63, 3.8) is 0 Å². The first-order valence-corrected chi connectivity index (χ1v) is 6.42. The lowest BCUT2D eigenvalue weighted by atomic mass is 10.3. The molecule has 1 rings (SSSR count). The van der Waals surface area contributed by atoms with Crippen LogP contribution in [-0.4, -0.2) is 44.3 Å². The normalized spacial score (nSPS) is 12.5. The third-order valence-corrected chi connectivity index (χ3v) is 2.48. The van der Waals surface area contributed by atoms with Gasteiger partial charge in [-0.2, -0.15) is 0 Å². The number of hydrogen-bond donors (Lipinski definition) is 1. The van der Waals surface area contributed by atoms with Crippen LogP contribution >= 0.6 is 0 Å². The molecule has 1 aromatic rings. The molecule has 0 heterocycles. The molecule has 0 saturated heterocycles. The van der Waals surface area contributed by atoms with Gasteiger partial charge < -0.3 is 20.1 Å². The molecule has 102 valence electrons. The Balaban J connectivity index is 2.39. The maximum Gasteiger partial charge on any atom is 0.161 e. The van der Waals surface area contributed by atoms with Gasteiger partial charge in [-0.15, -0.1) is 0 Å². The van der Waals surface area contributed by atoms with Gasteiger partial charge in [0.05, 0.1) is 6.61 Å². The molecule has 1 atom stereocenters. The molecule has 0 spiro atoms. The highest BCUT2D eigenvalue weighted by Crippen LogP contribution is 2.26. The zero-order chi connectivity index (χ0) is 13.4. The van der Waals surface area contributed by atoms with Gasteiger partial charge in [0.15, 0.2) is 11.5 Å². The van der Waals surface area contributed by atoms with Crippen molar-refractivity contribution >= 4 is 0 Å². The van der Waals surface area contributed by atoms with E-state index in [1.807, 2.05) is 45.2 Å². The second-order valence-corrected chi connectivity index (χ2v) is 4.47. The standard InChI is InChI=1S/C14H24N2O2/c1-4-17-13-7-5-6-8-14(13)18-10-9-16(3)11-12(2)15/h5-8,12H,4,9-11,15H2,1-3H3. The monoisotopic (exact) mass is 252 g/mol. The fourth-order valence-electron chi connectivity index (χ4n) is 1.74. The topological polar surface area (TPSA) is 47.7 Å². The van der Waals surface area contributed by atoms with E-state index in [0.29, 0.717) is 13.2 Å². The average Bonchev–Trinajstić information content (AvgIpc) is 2.30. The Bertz CT molecular complexity index is 342. The van der Waals surface area contributed by atoms with Crippen LogP contribution in [0.25, 0.3) is 0 Å². The quantitative estimate of drug-likeness (QED) is 0.765. The largest absolute Gasteiger partial charge is 0.490 e. The summed E-state index contributed by atoms with van der Waals surface area (Å²) in [6.07, 6.45) is 0. The molecule has 0 amide bonds. The predicted octanol–water partition coefficient (Wildman–Crippen LogP) is 1.74. The van der Waals surface area contributed by atoms with Crippen molar-refractivity contribution in [1.29, 1.82) is 0 Å². The van der Waals surface area contributed by atoms with Gasteiger partial charge in [-0.05, 0) is 33.0 Å². The molecule has 0 aliphatic rings. The van der Waals surface area contributed by atoms with Gasteiger partial charge in [-0.3, -0.25) is 0 Å². The summed E-state index contributed by atoms with van der Waals surface area (Å²) in [7, 11) is 2.04. The average molecular weight is 252 g/mol. The summed E-state index contributed by atoms with van der Waals surface area (Å²) in [6.45, 7) is 6.96. The van der Waals surface area contributed by atoms with Crippen LogP contribution in [0.2, 0.25) is 0 Å². The van der Waals surface area contributed by atoms with Gasteiger partial charge >= 0.3 is 0 Å². The van der Waals surface area contributed by atoms with Gasteiger partial charge in [-0.1, -0.05) is 12.1 Å². The summed E-state index contributed by atoms with van der Waals surface area (Å²) in [5.41, 5.74) is 5.74. The van der Waals surface area contributed by atoms with E-state index in [2.05, 4.69) is 4.90 Å². The van der Waals surface area contributed by atoms with Crippen molar-refractivity contribution in [1.82, 2.24) is 4.90 Å². The Morgan fingerprint density at radius 1 is 1.22 bits per heavy atom. The summed E-state index contributed by atoms with van der Waals surface area (Å²) in [5, 5.41) is 0. The summed E-state index contributed by atoms with van der Waals surface area (Å²) < 4.78 is 11.2. The summed E-state index contributed by atoms with van der Waals surface area (Å²) >= 11 is 0. The van der Waals surface area contributed by atoms with Crippen LogP contribution in [0.1, 0.15) is 13.8 Å². The van der Waals surface area contributed by atoms with E-state index in [9.17, 15) is 0 Å². The van der Waals surface area contributed by atoms with Crippen LogP contribution in [0.3, 0.4) is 0 Å². The van der Waals surface area contributed by atoms with E-state index in [1.165, 1.54) is 0 Å². The predicted molar refractivity (Wildman–Crippen MR) is 74.3 cm³/mol. The van der Waals surface area contributed by atoms with Gasteiger partial charge in [0.2, 0.25) is 0 Å². The Morgan fingerprint density at radius 2 is 1.83 bits per heavy atom. The molecule has 0 radical (unpaired) electrons. The van der Waals surface area contributed by atoms with Crippen molar-refractivity contribution in [2.24, 2.45) is 5.73 Å². The lowest BCUT2D eigenvalue weighted by molar-refractivity contribution is 0.221. The van der Waals surface area contributed by atoms with Crippen molar-refractivity contribution in [3.8, 4) is 11.5 Å². The highest BCUT2D eigenvalue weighted by Gasteiger charge is 2.05. The molecule has 0 aliphatic carbocycles. The molecule has 1 aromatic carbocycles. The van der Waals surface area contributed by atoms with Crippen LogP contribution in [0.15, 0.2) is 24.3 Å². The molecule has 0 saturated carbocycles. The number of ether oxygens (including phenoxy) is 2. The summed E-state index contributed by atoms with van der Waals surface area (Å²) in [6, 6.07) is 7.93. The summed E-state index contributed by atoms with van der Waals surface area (Å²) in [4.78, 5) is 2.16. The van der Waals surface area contributed by atoms with Crippen LogP contribution in [0.5, 0.6) is 11.5 Å². The van der Waals surface area contributed by atoms with E-state index in [-0.39, 0.29) is 6.04 Å². The number of para-hydroxylation sites is 2.